The SMILES string of the molecule is COC(=O)CS(=O)(=O)C(c1ccc(C)cc1)c1ccc(C)cc1. The van der Waals surface area contributed by atoms with Crippen LogP contribution in [0.15, 0.2) is 48.5 Å². The van der Waals surface area contributed by atoms with Crippen LogP contribution in [0, 0.1) is 13.8 Å². The average Bonchev–Trinajstić information content (AvgIpc) is 2.50. The van der Waals surface area contributed by atoms with E-state index in [1.807, 2.05) is 38.1 Å². The molecule has 4 nitrogen and oxygen atoms in total. The Labute approximate surface area is 137 Å². The summed E-state index contributed by atoms with van der Waals surface area (Å²) in [6, 6.07) is 14.6. The number of ether oxygens (including phenoxy) is 1. The highest BCUT2D eigenvalue weighted by atomic mass is 32.2. The number of hydrogen-bond acceptors (Lipinski definition) is 4. The van der Waals surface area contributed by atoms with Crippen LogP contribution in [0.4, 0.5) is 0 Å². The topological polar surface area (TPSA) is 60.4 Å². The third-order valence-corrected chi connectivity index (χ3v) is 5.57. The van der Waals surface area contributed by atoms with Gasteiger partial charge in [0.2, 0.25) is 0 Å². The molecular weight excluding hydrogens is 312 g/mol. The number of benzene rings is 2. The van der Waals surface area contributed by atoms with Crippen LogP contribution >= 0.6 is 0 Å². The van der Waals surface area contributed by atoms with Crippen molar-refractivity contribution in [3.63, 3.8) is 0 Å². The van der Waals surface area contributed by atoms with Crippen molar-refractivity contribution in [2.24, 2.45) is 0 Å². The molecule has 2 rings (SSSR count). The van der Waals surface area contributed by atoms with Crippen molar-refractivity contribution in [2.45, 2.75) is 19.1 Å². The molecule has 0 spiro atoms. The number of hydrogen-bond donors (Lipinski definition) is 0. The lowest BCUT2D eigenvalue weighted by Crippen LogP contribution is -2.24. The average molecular weight is 332 g/mol. The van der Waals surface area contributed by atoms with Crippen LogP contribution in [0.2, 0.25) is 0 Å². The molecule has 0 saturated carbocycles. The van der Waals surface area contributed by atoms with E-state index < -0.39 is 26.8 Å². The number of rotatable bonds is 5. The predicted octanol–water partition coefficient (Wildman–Crippen LogP) is 2.98. The Bertz CT molecular complexity index is 729. The molecule has 0 unspecified atom stereocenters. The van der Waals surface area contributed by atoms with Gasteiger partial charge in [-0.05, 0) is 25.0 Å². The maximum absolute atomic E-state index is 12.8. The van der Waals surface area contributed by atoms with Gasteiger partial charge in [0.05, 0.1) is 7.11 Å². The number of sulfone groups is 1. The molecule has 0 amide bonds. The number of carbonyl (C=O) groups excluding carboxylic acids is 1. The number of carbonyl (C=O) groups is 1. The lowest BCUT2D eigenvalue weighted by Gasteiger charge is -2.18. The van der Waals surface area contributed by atoms with Gasteiger partial charge in [0.25, 0.3) is 0 Å². The van der Waals surface area contributed by atoms with E-state index in [1.165, 1.54) is 7.11 Å². The van der Waals surface area contributed by atoms with Crippen molar-refractivity contribution in [2.75, 3.05) is 12.9 Å². The largest absolute Gasteiger partial charge is 0.468 e. The van der Waals surface area contributed by atoms with E-state index >= 15 is 0 Å². The molecule has 23 heavy (non-hydrogen) atoms. The highest BCUT2D eigenvalue weighted by molar-refractivity contribution is 7.92. The second-order valence-corrected chi connectivity index (χ2v) is 7.67. The van der Waals surface area contributed by atoms with Gasteiger partial charge < -0.3 is 4.74 Å². The summed E-state index contributed by atoms with van der Waals surface area (Å²) < 4.78 is 30.1. The van der Waals surface area contributed by atoms with E-state index in [4.69, 9.17) is 0 Å². The summed E-state index contributed by atoms with van der Waals surface area (Å²) in [5, 5.41) is -0.886. The van der Waals surface area contributed by atoms with Crippen molar-refractivity contribution >= 4 is 15.8 Å². The third kappa shape index (κ3) is 4.20. The Morgan fingerprint density at radius 2 is 1.30 bits per heavy atom. The lowest BCUT2D eigenvalue weighted by molar-refractivity contribution is -0.137. The third-order valence-electron chi connectivity index (χ3n) is 3.67. The van der Waals surface area contributed by atoms with E-state index in [1.54, 1.807) is 24.3 Å². The van der Waals surface area contributed by atoms with Gasteiger partial charge in [0.1, 0.15) is 11.0 Å². The normalized spacial score (nSPS) is 11.5. The number of esters is 1. The zero-order chi connectivity index (χ0) is 17.0. The monoisotopic (exact) mass is 332 g/mol. The second-order valence-electron chi connectivity index (χ2n) is 5.58. The molecule has 0 aliphatic rings. The molecule has 0 aromatic heterocycles. The van der Waals surface area contributed by atoms with Gasteiger partial charge in [-0.25, -0.2) is 8.42 Å². The molecular formula is C18H20O4S. The van der Waals surface area contributed by atoms with E-state index in [-0.39, 0.29) is 0 Å². The molecule has 122 valence electrons. The first-order chi connectivity index (χ1) is 10.8. The molecule has 0 saturated heterocycles. The Morgan fingerprint density at radius 3 is 1.65 bits per heavy atom. The van der Waals surface area contributed by atoms with Gasteiger partial charge >= 0.3 is 5.97 Å². The Balaban J connectivity index is 2.53. The predicted molar refractivity (Wildman–Crippen MR) is 90.0 cm³/mol. The van der Waals surface area contributed by atoms with Crippen LogP contribution in [0.25, 0.3) is 0 Å². The zero-order valence-corrected chi connectivity index (χ0v) is 14.3. The fourth-order valence-electron chi connectivity index (χ4n) is 2.40. The van der Waals surface area contributed by atoms with Gasteiger partial charge in [-0.1, -0.05) is 59.7 Å². The smallest absolute Gasteiger partial charge is 0.320 e. The highest BCUT2D eigenvalue weighted by Crippen LogP contribution is 2.31. The highest BCUT2D eigenvalue weighted by Gasteiger charge is 2.31. The van der Waals surface area contributed by atoms with E-state index in [9.17, 15) is 13.2 Å². The molecule has 2 aromatic carbocycles. The summed E-state index contributed by atoms with van der Waals surface area (Å²) in [6.45, 7) is 3.88. The first kappa shape index (κ1) is 17.2. The molecule has 0 atom stereocenters. The van der Waals surface area contributed by atoms with Gasteiger partial charge in [0, 0.05) is 0 Å². The van der Waals surface area contributed by atoms with Gasteiger partial charge in [-0.15, -0.1) is 0 Å². The van der Waals surface area contributed by atoms with Gasteiger partial charge in [-0.3, -0.25) is 4.79 Å². The van der Waals surface area contributed by atoms with Crippen LogP contribution in [-0.4, -0.2) is 27.2 Å². The summed E-state index contributed by atoms with van der Waals surface area (Å²) in [6.07, 6.45) is 0. The standard InChI is InChI=1S/C18H20O4S/c1-13-4-8-15(9-5-13)18(16-10-6-14(2)7-11-16)23(20,21)12-17(19)22-3/h4-11,18H,12H2,1-3H3. The van der Waals surface area contributed by atoms with Gasteiger partial charge in [-0.2, -0.15) is 0 Å². The Morgan fingerprint density at radius 1 is 0.913 bits per heavy atom. The Hall–Kier alpha value is -2.14. The molecule has 5 heteroatoms. The van der Waals surface area contributed by atoms with Crippen molar-refractivity contribution in [1.82, 2.24) is 0 Å². The van der Waals surface area contributed by atoms with E-state index in [0.29, 0.717) is 11.1 Å². The second kappa shape index (κ2) is 6.96. The number of methoxy groups -OCH3 is 1. The summed E-state index contributed by atoms with van der Waals surface area (Å²) in [5.74, 6) is -1.40. The minimum absolute atomic E-state index is 0.642. The van der Waals surface area contributed by atoms with E-state index in [2.05, 4.69) is 4.74 Å². The number of aryl methyl sites for hydroxylation is 2. The summed E-state index contributed by atoms with van der Waals surface area (Å²) >= 11 is 0. The maximum atomic E-state index is 12.8. The van der Waals surface area contributed by atoms with Crippen LogP contribution in [0.3, 0.4) is 0 Å². The molecule has 0 aliphatic heterocycles. The Kier molecular flexibility index (Phi) is 5.21. The fourth-order valence-corrected chi connectivity index (χ4v) is 4.15. The van der Waals surface area contributed by atoms with Gasteiger partial charge in [0.15, 0.2) is 9.84 Å². The van der Waals surface area contributed by atoms with E-state index in [0.717, 1.165) is 11.1 Å². The van der Waals surface area contributed by atoms with Crippen LogP contribution < -0.4 is 0 Å². The lowest BCUT2D eigenvalue weighted by atomic mass is 10.0. The molecule has 0 aliphatic carbocycles. The minimum atomic E-state index is -3.74. The molecule has 0 fully saturated rings. The zero-order valence-electron chi connectivity index (χ0n) is 13.4. The fraction of sp³-hybridized carbons (Fsp3) is 0.278. The quantitative estimate of drug-likeness (QED) is 0.790. The molecule has 0 radical (unpaired) electrons. The van der Waals surface area contributed by atoms with Crippen molar-refractivity contribution in [1.29, 1.82) is 0 Å². The first-order valence-electron chi connectivity index (χ1n) is 7.25. The van der Waals surface area contributed by atoms with Crippen LogP contribution in [0.5, 0.6) is 0 Å². The molecule has 2 aromatic rings. The van der Waals surface area contributed by atoms with Crippen molar-refractivity contribution in [3.8, 4) is 0 Å². The molecule has 0 heterocycles. The van der Waals surface area contributed by atoms with Crippen molar-refractivity contribution < 1.29 is 17.9 Å². The summed E-state index contributed by atoms with van der Waals surface area (Å²) in [5.41, 5.74) is 3.37. The molecule has 0 N–H and O–H groups in total. The minimum Gasteiger partial charge on any atom is -0.468 e. The summed E-state index contributed by atoms with van der Waals surface area (Å²) in [4.78, 5) is 11.5. The summed E-state index contributed by atoms with van der Waals surface area (Å²) in [7, 11) is -2.55. The molecule has 0 bridgehead atoms. The first-order valence-corrected chi connectivity index (χ1v) is 8.96. The van der Waals surface area contributed by atoms with Crippen molar-refractivity contribution in [3.05, 3.63) is 70.8 Å². The van der Waals surface area contributed by atoms with Crippen LogP contribution in [0.1, 0.15) is 27.5 Å². The maximum Gasteiger partial charge on any atom is 0.320 e. The van der Waals surface area contributed by atoms with Crippen LogP contribution in [-0.2, 0) is 19.4 Å².